The zero-order chi connectivity index (χ0) is 23.6. The predicted octanol–water partition coefficient (Wildman–Crippen LogP) is 3.40. The molecule has 0 aliphatic carbocycles. The SMILES string of the molecule is COC(=O)c1ccc(OP2(Oc3ccc(C(=O)OC)cc3)=NP(N)(N)=NP(N)(N)=N2)cc1. The first-order chi connectivity index (χ1) is 15.0. The Bertz CT molecular complexity index is 1130. The maximum absolute atomic E-state index is 11.7. The molecular formula is C16H22N7O6P3. The molecule has 32 heavy (non-hydrogen) atoms. The fourth-order valence-corrected chi connectivity index (χ4v) is 10.1. The largest absolute Gasteiger partial charge is 0.465 e. The molecule has 3 rings (SSSR count). The van der Waals surface area contributed by atoms with Gasteiger partial charge in [0.1, 0.15) is 11.5 Å². The van der Waals surface area contributed by atoms with Crippen molar-refractivity contribution >= 4 is 34.6 Å². The molecule has 0 fully saturated rings. The molecule has 13 nitrogen and oxygen atoms in total. The zero-order valence-electron chi connectivity index (χ0n) is 17.1. The van der Waals surface area contributed by atoms with Crippen molar-refractivity contribution in [1.29, 1.82) is 0 Å². The van der Waals surface area contributed by atoms with E-state index in [1.54, 1.807) is 0 Å². The molecule has 0 bridgehead atoms. The number of nitrogens with zero attached hydrogens (tertiary/aromatic N) is 3. The van der Waals surface area contributed by atoms with Gasteiger partial charge in [-0.15, -0.1) is 9.03 Å². The summed E-state index contributed by atoms with van der Waals surface area (Å²) < 4.78 is 33.8. The number of nitrogens with two attached hydrogens (primary N) is 4. The topological polar surface area (TPSA) is 212 Å². The quantitative estimate of drug-likeness (QED) is 0.334. The summed E-state index contributed by atoms with van der Waals surface area (Å²) in [6, 6.07) is 11.9. The van der Waals surface area contributed by atoms with Crippen molar-refractivity contribution < 1.29 is 28.1 Å². The Morgan fingerprint density at radius 2 is 1.03 bits per heavy atom. The molecule has 2 aromatic rings. The molecule has 0 radical (unpaired) electrons. The number of rotatable bonds is 6. The number of benzene rings is 2. The maximum Gasteiger partial charge on any atom is 0.454 e. The van der Waals surface area contributed by atoms with E-state index < -0.39 is 34.6 Å². The lowest BCUT2D eigenvalue weighted by molar-refractivity contribution is 0.0592. The van der Waals surface area contributed by atoms with Crippen LogP contribution in [0.4, 0.5) is 0 Å². The third-order valence-corrected chi connectivity index (χ3v) is 11.1. The van der Waals surface area contributed by atoms with Crippen molar-refractivity contribution in [3.05, 3.63) is 59.7 Å². The molecule has 0 aromatic heterocycles. The third kappa shape index (κ3) is 5.85. The van der Waals surface area contributed by atoms with Gasteiger partial charge in [-0.3, -0.25) is 22.0 Å². The van der Waals surface area contributed by atoms with Crippen molar-refractivity contribution in [3.8, 4) is 11.5 Å². The van der Waals surface area contributed by atoms with Gasteiger partial charge in [-0.1, -0.05) is 0 Å². The number of hydrogen-bond acceptors (Lipinski definition) is 13. The van der Waals surface area contributed by atoms with Gasteiger partial charge in [-0.05, 0) is 48.5 Å². The van der Waals surface area contributed by atoms with Crippen LogP contribution in [0.5, 0.6) is 11.5 Å². The van der Waals surface area contributed by atoms with E-state index in [1.807, 2.05) is 0 Å². The number of carbonyl (C=O) groups is 2. The Morgan fingerprint density at radius 1 is 0.656 bits per heavy atom. The Kier molecular flexibility index (Phi) is 6.92. The van der Waals surface area contributed by atoms with E-state index >= 15 is 0 Å². The van der Waals surface area contributed by atoms with Gasteiger partial charge in [0.05, 0.1) is 25.3 Å². The first-order valence-electron chi connectivity index (χ1n) is 8.78. The number of ether oxygens (including phenoxy) is 2. The van der Waals surface area contributed by atoms with E-state index in [4.69, 9.17) is 31.1 Å². The Balaban J connectivity index is 2.03. The summed E-state index contributed by atoms with van der Waals surface area (Å²) in [6.45, 7) is 0. The molecule has 0 saturated carbocycles. The lowest BCUT2D eigenvalue weighted by Crippen LogP contribution is -2.14. The second-order valence-electron chi connectivity index (χ2n) is 6.37. The highest BCUT2D eigenvalue weighted by Gasteiger charge is 2.36. The smallest absolute Gasteiger partial charge is 0.454 e. The average molecular weight is 501 g/mol. The van der Waals surface area contributed by atoms with Crippen LogP contribution in [-0.2, 0) is 9.47 Å². The minimum atomic E-state index is -3.65. The van der Waals surface area contributed by atoms with E-state index in [2.05, 4.69) is 23.0 Å². The summed E-state index contributed by atoms with van der Waals surface area (Å²) in [4.78, 5) is 23.3. The van der Waals surface area contributed by atoms with Crippen LogP contribution >= 0.6 is 22.7 Å². The molecule has 8 N–H and O–H groups in total. The van der Waals surface area contributed by atoms with Crippen molar-refractivity contribution in [2.24, 2.45) is 35.6 Å². The lowest BCUT2D eigenvalue weighted by atomic mass is 10.2. The Morgan fingerprint density at radius 3 is 1.38 bits per heavy atom. The average Bonchev–Trinajstić information content (AvgIpc) is 2.71. The molecule has 1 aliphatic heterocycles. The second-order valence-corrected chi connectivity index (χ2v) is 12.7. The van der Waals surface area contributed by atoms with E-state index in [1.165, 1.54) is 62.8 Å². The highest BCUT2D eigenvalue weighted by molar-refractivity contribution is 7.81. The Hall–Kier alpha value is -2.49. The second kappa shape index (κ2) is 9.17. The third-order valence-electron chi connectivity index (χ3n) is 3.80. The van der Waals surface area contributed by atoms with E-state index in [-0.39, 0.29) is 11.5 Å². The highest BCUT2D eigenvalue weighted by Crippen LogP contribution is 2.69. The minimum absolute atomic E-state index is 0.242. The normalized spacial score (nSPS) is 17.6. The van der Waals surface area contributed by atoms with Crippen molar-refractivity contribution in [2.75, 3.05) is 14.2 Å². The van der Waals surface area contributed by atoms with Crippen LogP contribution in [-0.4, -0.2) is 26.2 Å². The van der Waals surface area contributed by atoms with Gasteiger partial charge in [0.25, 0.3) is 0 Å². The van der Waals surface area contributed by atoms with Crippen LogP contribution in [0.2, 0.25) is 0 Å². The monoisotopic (exact) mass is 501 g/mol. The van der Waals surface area contributed by atoms with Gasteiger partial charge in [-0.25, -0.2) is 9.59 Å². The van der Waals surface area contributed by atoms with Crippen molar-refractivity contribution in [3.63, 3.8) is 0 Å². The summed E-state index contributed by atoms with van der Waals surface area (Å²) in [5.41, 5.74) is 24.6. The van der Waals surface area contributed by atoms with Crippen molar-refractivity contribution in [2.45, 2.75) is 0 Å². The van der Waals surface area contributed by atoms with Crippen LogP contribution in [0.3, 0.4) is 0 Å². The molecule has 172 valence electrons. The lowest BCUT2D eigenvalue weighted by Gasteiger charge is -2.28. The summed E-state index contributed by atoms with van der Waals surface area (Å²) in [5, 5.41) is 0. The van der Waals surface area contributed by atoms with Gasteiger partial charge in [0.2, 0.25) is 15.0 Å². The number of methoxy groups -OCH3 is 2. The van der Waals surface area contributed by atoms with E-state index in [0.717, 1.165) is 0 Å². The summed E-state index contributed by atoms with van der Waals surface area (Å²) in [6.07, 6.45) is 0. The number of hydrogen-bond donors (Lipinski definition) is 4. The van der Waals surface area contributed by atoms with Crippen LogP contribution in [0.15, 0.2) is 62.1 Å². The van der Waals surface area contributed by atoms with E-state index in [9.17, 15) is 9.59 Å². The fraction of sp³-hybridized carbons (Fsp3) is 0.125. The zero-order valence-corrected chi connectivity index (χ0v) is 19.7. The van der Waals surface area contributed by atoms with Gasteiger partial charge < -0.3 is 18.5 Å². The number of carbonyl (C=O) groups excluding carboxylic acids is 2. The van der Waals surface area contributed by atoms with Crippen LogP contribution in [0.1, 0.15) is 20.7 Å². The molecule has 16 heteroatoms. The van der Waals surface area contributed by atoms with Gasteiger partial charge in [0, 0.05) is 0 Å². The van der Waals surface area contributed by atoms with Gasteiger partial charge in [-0.2, -0.15) is 4.52 Å². The molecule has 0 spiro atoms. The first-order valence-corrected chi connectivity index (χ1v) is 14.0. The standard InChI is InChI=1S/C16H22N7O6P3/c1-26-15(24)11-3-7-13(8-4-11)28-32(22-30(17,18)21-31(19,20)23-32)29-14-9-5-12(6-10-14)16(25)27-2/h3-10H,17-20H2,1-2H3. The molecule has 1 aliphatic rings. The number of esters is 2. The molecule has 0 unspecified atom stereocenters. The van der Waals surface area contributed by atoms with Crippen LogP contribution in [0, 0.1) is 0 Å². The van der Waals surface area contributed by atoms with Crippen LogP contribution < -0.4 is 31.1 Å². The molecule has 2 aromatic carbocycles. The highest BCUT2D eigenvalue weighted by atomic mass is 31.3. The molecular weight excluding hydrogens is 479 g/mol. The van der Waals surface area contributed by atoms with Crippen molar-refractivity contribution in [1.82, 2.24) is 0 Å². The summed E-state index contributed by atoms with van der Waals surface area (Å²) in [7, 11) is -7.72. The summed E-state index contributed by atoms with van der Waals surface area (Å²) in [5.74, 6) is -0.550. The maximum atomic E-state index is 11.7. The molecule has 1 heterocycles. The van der Waals surface area contributed by atoms with E-state index in [0.29, 0.717) is 11.1 Å². The molecule has 0 amide bonds. The fourth-order valence-electron chi connectivity index (χ4n) is 2.55. The predicted molar refractivity (Wildman–Crippen MR) is 122 cm³/mol. The van der Waals surface area contributed by atoms with Gasteiger partial charge in [0.15, 0.2) is 0 Å². The summed E-state index contributed by atoms with van der Waals surface area (Å²) >= 11 is 0. The molecule has 0 atom stereocenters. The Labute approximate surface area is 184 Å². The molecule has 0 saturated heterocycles. The van der Waals surface area contributed by atoms with Crippen LogP contribution in [0.25, 0.3) is 0 Å². The minimum Gasteiger partial charge on any atom is -0.465 e. The van der Waals surface area contributed by atoms with Gasteiger partial charge >= 0.3 is 19.6 Å². The first kappa shape index (κ1) is 24.2.